The number of pyridine rings is 2. The summed E-state index contributed by atoms with van der Waals surface area (Å²) >= 11 is 0. The van der Waals surface area contributed by atoms with E-state index in [1.165, 1.54) is 14.2 Å². The molecule has 2 fully saturated rings. The number of esters is 2. The Balaban J connectivity index is 2.09. The van der Waals surface area contributed by atoms with Crippen LogP contribution in [-0.2, 0) is 23.9 Å². The number of piperidine rings is 2. The molecule has 0 spiro atoms. The van der Waals surface area contributed by atoms with Gasteiger partial charge in [-0.2, -0.15) is 0 Å². The quantitative estimate of drug-likeness (QED) is 0.492. The Hall–Kier alpha value is -3.17. The first kappa shape index (κ1) is 24.0. The van der Waals surface area contributed by atoms with Crippen LogP contribution in [0, 0.1) is 24.7 Å². The Kier molecular flexibility index (Phi) is 6.03. The van der Waals surface area contributed by atoms with Crippen molar-refractivity contribution in [2.45, 2.75) is 25.9 Å². The van der Waals surface area contributed by atoms with Gasteiger partial charge in [-0.15, -0.1) is 0 Å². The molecule has 4 atom stereocenters. The van der Waals surface area contributed by atoms with Crippen LogP contribution in [0.2, 0.25) is 0 Å². The predicted molar refractivity (Wildman–Crippen MR) is 123 cm³/mol. The monoisotopic (exact) mass is 466 g/mol. The maximum absolute atomic E-state index is 14.6. The summed E-state index contributed by atoms with van der Waals surface area (Å²) < 4.78 is 10.5. The second-order valence-corrected chi connectivity index (χ2v) is 9.31. The van der Waals surface area contributed by atoms with E-state index in [9.17, 15) is 14.4 Å². The first-order valence-electron chi connectivity index (χ1n) is 11.1. The van der Waals surface area contributed by atoms with Crippen molar-refractivity contribution in [3.8, 4) is 0 Å². The van der Waals surface area contributed by atoms with Crippen molar-refractivity contribution < 1.29 is 23.9 Å². The molecule has 0 amide bonds. The highest BCUT2D eigenvalue weighted by atomic mass is 16.5. The Morgan fingerprint density at radius 3 is 1.62 bits per heavy atom. The molecule has 2 aliphatic rings. The van der Waals surface area contributed by atoms with Crippen LogP contribution in [0.4, 0.5) is 0 Å². The number of nitrogens with zero attached hydrogens (tertiary/aromatic N) is 4. The molecule has 9 heteroatoms. The molecule has 2 aromatic heterocycles. The van der Waals surface area contributed by atoms with Gasteiger partial charge in [-0.05, 0) is 52.2 Å². The number of ether oxygens (including phenoxy) is 2. The number of aromatic nitrogens is 2. The molecule has 4 heterocycles. The van der Waals surface area contributed by atoms with Crippen molar-refractivity contribution in [2.24, 2.45) is 10.8 Å². The minimum Gasteiger partial charge on any atom is -0.468 e. The van der Waals surface area contributed by atoms with E-state index in [4.69, 9.17) is 19.4 Å². The number of methoxy groups -OCH3 is 2. The second-order valence-electron chi connectivity index (χ2n) is 9.31. The minimum atomic E-state index is -1.69. The molecule has 0 radical (unpaired) electrons. The number of carbonyl (C=O) groups excluding carboxylic acids is 3. The Morgan fingerprint density at radius 1 is 0.853 bits per heavy atom. The number of carbonyl (C=O) groups is 3. The first-order chi connectivity index (χ1) is 16.1. The van der Waals surface area contributed by atoms with E-state index in [0.717, 1.165) is 11.4 Å². The highest BCUT2D eigenvalue weighted by Gasteiger charge is 2.75. The third-order valence-electron chi connectivity index (χ3n) is 7.08. The summed E-state index contributed by atoms with van der Waals surface area (Å²) in [5.41, 5.74) is -0.784. The molecule has 2 aromatic rings. The van der Waals surface area contributed by atoms with E-state index in [2.05, 4.69) is 0 Å². The van der Waals surface area contributed by atoms with Gasteiger partial charge in [0, 0.05) is 24.5 Å². The Morgan fingerprint density at radius 2 is 1.26 bits per heavy atom. The molecule has 180 valence electrons. The largest absolute Gasteiger partial charge is 0.468 e. The van der Waals surface area contributed by atoms with Gasteiger partial charge >= 0.3 is 11.9 Å². The lowest BCUT2D eigenvalue weighted by atomic mass is 9.54. The SMILES string of the molecule is COC(=O)C12CN(C)CC(C(=O)OC)(C1=O)C(c1cccc(C)n1)N(C)C2c1cccc(C)n1. The lowest BCUT2D eigenvalue weighted by molar-refractivity contribution is -0.202. The lowest BCUT2D eigenvalue weighted by Crippen LogP contribution is -2.75. The van der Waals surface area contributed by atoms with Crippen LogP contribution < -0.4 is 0 Å². The molecule has 2 bridgehead atoms. The number of hydrogen-bond acceptors (Lipinski definition) is 9. The molecule has 0 saturated carbocycles. The maximum atomic E-state index is 14.6. The van der Waals surface area contributed by atoms with Crippen LogP contribution in [0.1, 0.15) is 34.9 Å². The van der Waals surface area contributed by atoms with E-state index in [1.807, 2.05) is 47.9 Å². The minimum absolute atomic E-state index is 0.0792. The number of hydrogen-bond donors (Lipinski definition) is 0. The number of Topliss-reactive ketones (excluding diaryl/α,β-unsaturated/α-hetero) is 1. The zero-order valence-electron chi connectivity index (χ0n) is 20.4. The van der Waals surface area contributed by atoms with Gasteiger partial charge in [0.2, 0.25) is 0 Å². The second kappa shape index (κ2) is 8.56. The van der Waals surface area contributed by atoms with Crippen molar-refractivity contribution in [3.63, 3.8) is 0 Å². The van der Waals surface area contributed by atoms with Gasteiger partial charge in [0.05, 0.1) is 37.7 Å². The van der Waals surface area contributed by atoms with Crippen molar-refractivity contribution >= 4 is 17.7 Å². The third kappa shape index (κ3) is 3.25. The molecule has 4 rings (SSSR count). The first-order valence-corrected chi connectivity index (χ1v) is 11.1. The number of fused-ring (bicyclic) bond motifs is 2. The maximum Gasteiger partial charge on any atom is 0.322 e. The van der Waals surface area contributed by atoms with Crippen LogP contribution in [-0.4, -0.2) is 78.9 Å². The van der Waals surface area contributed by atoms with Gasteiger partial charge in [0.15, 0.2) is 16.6 Å². The van der Waals surface area contributed by atoms with E-state index in [1.54, 1.807) is 26.2 Å². The zero-order valence-corrected chi connectivity index (χ0v) is 20.4. The Labute approximate surface area is 199 Å². The molecule has 0 aliphatic carbocycles. The summed E-state index contributed by atoms with van der Waals surface area (Å²) in [5, 5.41) is 0. The van der Waals surface area contributed by atoms with Crippen molar-refractivity contribution in [1.29, 1.82) is 0 Å². The standard InChI is InChI=1S/C25H30N4O5/c1-15-9-7-11-17(26-15)19-24(22(31)33-5)13-28(3)14-25(21(24)30,23(32)34-6)20(29(19)4)18-12-8-10-16(2)27-18/h7-12,19-20H,13-14H2,1-6H3. The number of likely N-dealkylation sites (tertiary alicyclic amines) is 2. The van der Waals surface area contributed by atoms with Crippen LogP contribution in [0.3, 0.4) is 0 Å². The summed E-state index contributed by atoms with van der Waals surface area (Å²) in [7, 11) is 6.10. The average Bonchev–Trinajstić information content (AvgIpc) is 2.80. The molecule has 9 nitrogen and oxygen atoms in total. The van der Waals surface area contributed by atoms with Gasteiger partial charge < -0.3 is 14.4 Å². The number of rotatable bonds is 4. The normalized spacial score (nSPS) is 29.5. The summed E-state index contributed by atoms with van der Waals surface area (Å²) in [6.07, 6.45) is 0. The van der Waals surface area contributed by atoms with E-state index < -0.39 is 40.6 Å². The highest BCUT2D eigenvalue weighted by Crippen LogP contribution is 2.59. The molecule has 0 N–H and O–H groups in total. The molecular formula is C25H30N4O5. The fourth-order valence-electron chi connectivity index (χ4n) is 5.97. The Bertz CT molecular complexity index is 1070. The van der Waals surface area contributed by atoms with Crippen molar-refractivity contribution in [2.75, 3.05) is 41.4 Å². The van der Waals surface area contributed by atoms with Crippen molar-refractivity contribution in [1.82, 2.24) is 19.8 Å². The molecular weight excluding hydrogens is 436 g/mol. The molecule has 0 aromatic carbocycles. The van der Waals surface area contributed by atoms with Gasteiger partial charge in [-0.3, -0.25) is 29.3 Å². The number of aryl methyl sites for hydroxylation is 2. The molecule has 34 heavy (non-hydrogen) atoms. The average molecular weight is 467 g/mol. The van der Waals surface area contributed by atoms with Gasteiger partial charge in [0.25, 0.3) is 0 Å². The van der Waals surface area contributed by atoms with Crippen LogP contribution in [0.25, 0.3) is 0 Å². The van der Waals surface area contributed by atoms with Crippen LogP contribution >= 0.6 is 0 Å². The molecule has 2 saturated heterocycles. The van der Waals surface area contributed by atoms with Gasteiger partial charge in [-0.25, -0.2) is 0 Å². The summed E-state index contributed by atoms with van der Waals surface area (Å²) in [5.74, 6) is -1.92. The van der Waals surface area contributed by atoms with Crippen LogP contribution in [0.15, 0.2) is 36.4 Å². The zero-order chi connectivity index (χ0) is 24.8. The van der Waals surface area contributed by atoms with E-state index in [-0.39, 0.29) is 13.1 Å². The smallest absolute Gasteiger partial charge is 0.322 e. The topological polar surface area (TPSA) is 102 Å². The summed E-state index contributed by atoms with van der Waals surface area (Å²) in [6.45, 7) is 3.86. The summed E-state index contributed by atoms with van der Waals surface area (Å²) in [4.78, 5) is 54.7. The van der Waals surface area contributed by atoms with Crippen molar-refractivity contribution in [3.05, 3.63) is 59.2 Å². The molecule has 2 aliphatic heterocycles. The highest BCUT2D eigenvalue weighted by molar-refractivity contribution is 6.17. The van der Waals surface area contributed by atoms with Gasteiger partial charge in [0.1, 0.15) is 0 Å². The summed E-state index contributed by atoms with van der Waals surface area (Å²) in [6, 6.07) is 9.40. The van der Waals surface area contributed by atoms with Crippen LogP contribution in [0.5, 0.6) is 0 Å². The fraction of sp³-hybridized carbons (Fsp3) is 0.480. The lowest BCUT2D eigenvalue weighted by Gasteiger charge is -2.60. The third-order valence-corrected chi connectivity index (χ3v) is 7.08. The molecule has 4 unspecified atom stereocenters. The number of ketones is 1. The predicted octanol–water partition coefficient (Wildman–Crippen LogP) is 1.65. The van der Waals surface area contributed by atoms with Gasteiger partial charge in [-0.1, -0.05) is 12.1 Å². The fourth-order valence-corrected chi connectivity index (χ4v) is 5.97. The van der Waals surface area contributed by atoms with E-state index >= 15 is 0 Å². The van der Waals surface area contributed by atoms with E-state index in [0.29, 0.717) is 11.4 Å².